The van der Waals surface area contributed by atoms with Gasteiger partial charge < -0.3 is 15.3 Å². The molecule has 0 fully saturated rings. The number of hydrogen-bond acceptors (Lipinski definition) is 5. The number of amides is 1. The summed E-state index contributed by atoms with van der Waals surface area (Å²) in [4.78, 5) is 30.9. The SMILES string of the molecule is C=CCN(Cc1ccc(C(=O)NC(CC(C)C)C(=O)O)cc1)c1nc(-c2ccccc2Cl)cs1. The minimum absolute atomic E-state index is 0.156. The van der Waals surface area contributed by atoms with Gasteiger partial charge in [-0.2, -0.15) is 0 Å². The predicted molar refractivity (Wildman–Crippen MR) is 139 cm³/mol. The third-order valence-electron chi connectivity index (χ3n) is 5.16. The van der Waals surface area contributed by atoms with Crippen molar-refractivity contribution in [1.29, 1.82) is 0 Å². The minimum Gasteiger partial charge on any atom is -0.480 e. The van der Waals surface area contributed by atoms with Gasteiger partial charge in [0.15, 0.2) is 5.13 Å². The summed E-state index contributed by atoms with van der Waals surface area (Å²) in [6.07, 6.45) is 2.19. The molecule has 0 aliphatic rings. The molecule has 0 saturated carbocycles. The van der Waals surface area contributed by atoms with Gasteiger partial charge >= 0.3 is 5.97 Å². The highest BCUT2D eigenvalue weighted by Gasteiger charge is 2.22. The van der Waals surface area contributed by atoms with E-state index in [1.807, 2.05) is 61.7 Å². The van der Waals surface area contributed by atoms with Gasteiger partial charge in [-0.05, 0) is 36.1 Å². The zero-order valence-electron chi connectivity index (χ0n) is 19.2. The molecular formula is C26H28ClN3O3S. The standard InChI is InChI=1S/C26H28ClN3O3S/c1-4-13-30(26-29-23(16-34-26)20-7-5-6-8-21(20)27)15-18-9-11-19(12-10-18)24(31)28-22(25(32)33)14-17(2)3/h4-12,16-17,22H,1,13-15H2,2-3H3,(H,28,31)(H,32,33). The fourth-order valence-corrected chi connectivity index (χ4v) is 4.55. The van der Waals surface area contributed by atoms with Crippen molar-refractivity contribution in [3.8, 4) is 11.3 Å². The maximum Gasteiger partial charge on any atom is 0.326 e. The second kappa shape index (κ2) is 11.8. The number of anilines is 1. The lowest BCUT2D eigenvalue weighted by Gasteiger charge is -2.20. The number of carbonyl (C=O) groups excluding carboxylic acids is 1. The Kier molecular flexibility index (Phi) is 8.85. The first-order chi connectivity index (χ1) is 16.3. The molecule has 2 N–H and O–H groups in total. The molecule has 0 spiro atoms. The molecule has 0 aliphatic carbocycles. The van der Waals surface area contributed by atoms with Gasteiger partial charge in [0.2, 0.25) is 0 Å². The third-order valence-corrected chi connectivity index (χ3v) is 6.39. The number of carboxylic acid groups (broad SMARTS) is 1. The molecule has 6 nitrogen and oxygen atoms in total. The van der Waals surface area contributed by atoms with E-state index in [0.29, 0.717) is 30.1 Å². The summed E-state index contributed by atoms with van der Waals surface area (Å²) in [6.45, 7) is 8.89. The highest BCUT2D eigenvalue weighted by molar-refractivity contribution is 7.14. The van der Waals surface area contributed by atoms with Crippen molar-refractivity contribution < 1.29 is 14.7 Å². The van der Waals surface area contributed by atoms with Gasteiger partial charge in [-0.3, -0.25) is 4.79 Å². The van der Waals surface area contributed by atoms with Crippen LogP contribution in [0.4, 0.5) is 5.13 Å². The van der Waals surface area contributed by atoms with Gasteiger partial charge in [-0.15, -0.1) is 17.9 Å². The summed E-state index contributed by atoms with van der Waals surface area (Å²) < 4.78 is 0. The van der Waals surface area contributed by atoms with Crippen molar-refractivity contribution in [2.24, 2.45) is 5.92 Å². The molecule has 0 saturated heterocycles. The Bertz CT molecular complexity index is 1140. The van der Waals surface area contributed by atoms with E-state index in [2.05, 4.69) is 16.8 Å². The Labute approximate surface area is 208 Å². The molecule has 3 aromatic rings. The number of nitrogens with one attached hydrogen (secondary N) is 1. The Morgan fingerprint density at radius 1 is 1.21 bits per heavy atom. The molecule has 3 rings (SSSR count). The van der Waals surface area contributed by atoms with Crippen LogP contribution in [-0.4, -0.2) is 34.6 Å². The molecule has 1 amide bonds. The highest BCUT2D eigenvalue weighted by atomic mass is 35.5. The van der Waals surface area contributed by atoms with E-state index >= 15 is 0 Å². The van der Waals surface area contributed by atoms with Crippen LogP contribution in [0.25, 0.3) is 11.3 Å². The van der Waals surface area contributed by atoms with Crippen LogP contribution in [0.2, 0.25) is 5.02 Å². The smallest absolute Gasteiger partial charge is 0.326 e. The summed E-state index contributed by atoms with van der Waals surface area (Å²) in [5, 5.41) is 15.5. The Morgan fingerprint density at radius 3 is 2.53 bits per heavy atom. The molecule has 1 aromatic heterocycles. The number of benzene rings is 2. The summed E-state index contributed by atoms with van der Waals surface area (Å²) >= 11 is 7.85. The van der Waals surface area contributed by atoms with Crippen LogP contribution in [-0.2, 0) is 11.3 Å². The Morgan fingerprint density at radius 2 is 1.91 bits per heavy atom. The topological polar surface area (TPSA) is 82.5 Å². The van der Waals surface area contributed by atoms with Crippen molar-refractivity contribution in [1.82, 2.24) is 10.3 Å². The molecule has 8 heteroatoms. The molecule has 0 aliphatic heterocycles. The summed E-state index contributed by atoms with van der Waals surface area (Å²) in [5.74, 6) is -1.27. The summed E-state index contributed by atoms with van der Waals surface area (Å²) in [5.41, 5.74) is 3.12. The number of rotatable bonds is 11. The van der Waals surface area contributed by atoms with E-state index in [4.69, 9.17) is 16.6 Å². The molecule has 1 atom stereocenters. The molecule has 0 bridgehead atoms. The fraction of sp³-hybridized carbons (Fsp3) is 0.269. The number of aliphatic carboxylic acids is 1. The largest absolute Gasteiger partial charge is 0.480 e. The molecule has 2 aromatic carbocycles. The third kappa shape index (κ3) is 6.68. The summed E-state index contributed by atoms with van der Waals surface area (Å²) in [7, 11) is 0. The average Bonchev–Trinajstić information content (AvgIpc) is 3.28. The first kappa shape index (κ1) is 25.5. The number of aromatic nitrogens is 1. The van der Waals surface area contributed by atoms with Crippen LogP contribution in [0.15, 0.2) is 66.6 Å². The normalized spacial score (nSPS) is 11.8. The van der Waals surface area contributed by atoms with Gasteiger partial charge in [-0.1, -0.05) is 61.9 Å². The van der Waals surface area contributed by atoms with Crippen molar-refractivity contribution >= 4 is 39.9 Å². The van der Waals surface area contributed by atoms with Crippen molar-refractivity contribution in [2.75, 3.05) is 11.4 Å². The van der Waals surface area contributed by atoms with E-state index in [9.17, 15) is 14.7 Å². The average molecular weight is 498 g/mol. The van der Waals surface area contributed by atoms with Crippen LogP contribution < -0.4 is 10.2 Å². The van der Waals surface area contributed by atoms with Gasteiger partial charge in [0.05, 0.1) is 5.69 Å². The number of halogens is 1. The maximum absolute atomic E-state index is 12.5. The van der Waals surface area contributed by atoms with Gasteiger partial charge in [0, 0.05) is 34.6 Å². The number of thiazole rings is 1. The lowest BCUT2D eigenvalue weighted by molar-refractivity contribution is -0.139. The molecule has 178 valence electrons. The van der Waals surface area contributed by atoms with Crippen molar-refractivity contribution in [2.45, 2.75) is 32.9 Å². The van der Waals surface area contributed by atoms with Crippen LogP contribution in [0.1, 0.15) is 36.2 Å². The van der Waals surface area contributed by atoms with Crippen molar-refractivity contribution in [3.63, 3.8) is 0 Å². The first-order valence-corrected chi connectivity index (χ1v) is 12.2. The fourth-order valence-electron chi connectivity index (χ4n) is 3.48. The monoisotopic (exact) mass is 497 g/mol. The summed E-state index contributed by atoms with van der Waals surface area (Å²) in [6, 6.07) is 13.9. The number of hydrogen-bond donors (Lipinski definition) is 2. The van der Waals surface area contributed by atoms with E-state index in [-0.39, 0.29) is 5.92 Å². The van der Waals surface area contributed by atoms with Crippen LogP contribution in [0.5, 0.6) is 0 Å². The molecule has 0 radical (unpaired) electrons. The van der Waals surface area contributed by atoms with Gasteiger partial charge in [0.25, 0.3) is 5.91 Å². The van der Waals surface area contributed by atoms with Crippen LogP contribution in [0, 0.1) is 5.92 Å². The molecule has 1 unspecified atom stereocenters. The molecule has 1 heterocycles. The minimum atomic E-state index is -1.03. The van der Waals surface area contributed by atoms with Crippen molar-refractivity contribution in [3.05, 3.63) is 82.7 Å². The number of nitrogens with zero attached hydrogens (tertiary/aromatic N) is 2. The predicted octanol–water partition coefficient (Wildman–Crippen LogP) is 5.89. The Hall–Kier alpha value is -3.16. The zero-order valence-corrected chi connectivity index (χ0v) is 20.8. The zero-order chi connectivity index (χ0) is 24.7. The Balaban J connectivity index is 1.71. The van der Waals surface area contributed by atoms with E-state index in [1.165, 1.54) is 11.3 Å². The number of carboxylic acids is 1. The van der Waals surface area contributed by atoms with Gasteiger partial charge in [-0.25, -0.2) is 9.78 Å². The lowest BCUT2D eigenvalue weighted by Crippen LogP contribution is -2.41. The van der Waals surface area contributed by atoms with Crippen LogP contribution in [0.3, 0.4) is 0 Å². The quantitative estimate of drug-likeness (QED) is 0.323. The first-order valence-electron chi connectivity index (χ1n) is 11.0. The van der Waals surface area contributed by atoms with Crippen LogP contribution >= 0.6 is 22.9 Å². The second-order valence-corrected chi connectivity index (χ2v) is 9.60. The number of carbonyl (C=O) groups is 2. The van der Waals surface area contributed by atoms with Gasteiger partial charge in [0.1, 0.15) is 6.04 Å². The second-order valence-electron chi connectivity index (χ2n) is 8.36. The van der Waals surface area contributed by atoms with E-state index < -0.39 is 17.9 Å². The lowest BCUT2D eigenvalue weighted by atomic mass is 10.0. The van der Waals surface area contributed by atoms with E-state index in [1.54, 1.807) is 12.1 Å². The maximum atomic E-state index is 12.5. The van der Waals surface area contributed by atoms with E-state index in [0.717, 1.165) is 22.0 Å². The highest BCUT2D eigenvalue weighted by Crippen LogP contribution is 2.32. The molecular weight excluding hydrogens is 470 g/mol. The molecule has 34 heavy (non-hydrogen) atoms.